The lowest BCUT2D eigenvalue weighted by Crippen LogP contribution is -2.35. The Labute approximate surface area is 149 Å². The van der Waals surface area contributed by atoms with Crippen LogP contribution < -0.4 is 4.20 Å². The first-order valence-corrected chi connectivity index (χ1v) is 10.2. The summed E-state index contributed by atoms with van der Waals surface area (Å²) in [5.41, 5.74) is 0. The predicted molar refractivity (Wildman–Crippen MR) is 102 cm³/mol. The van der Waals surface area contributed by atoms with Crippen LogP contribution in [0.2, 0.25) is 0 Å². The van der Waals surface area contributed by atoms with Crippen molar-refractivity contribution in [2.24, 2.45) is 0 Å². The van der Waals surface area contributed by atoms with Gasteiger partial charge in [-0.2, -0.15) is 0 Å². The molecule has 0 saturated carbocycles. The van der Waals surface area contributed by atoms with Gasteiger partial charge in [0.1, 0.15) is 0 Å². The Morgan fingerprint density at radius 3 is 1.09 bits per heavy atom. The molecule has 0 radical (unpaired) electrons. The molecular formula is C19H42BrNO. The monoisotopic (exact) mass is 379 g/mol. The van der Waals surface area contributed by atoms with Crippen molar-refractivity contribution in [3.8, 4) is 0 Å². The molecule has 0 spiro atoms. The summed E-state index contributed by atoms with van der Waals surface area (Å²) in [5.74, 6) is 0. The van der Waals surface area contributed by atoms with Crippen molar-refractivity contribution in [1.82, 2.24) is 0 Å². The van der Waals surface area contributed by atoms with Crippen molar-refractivity contribution in [3.63, 3.8) is 0 Å². The summed E-state index contributed by atoms with van der Waals surface area (Å²) in [5, 5.41) is 0. The second kappa shape index (κ2) is 19.4. The van der Waals surface area contributed by atoms with Crippen LogP contribution in [0.3, 0.4) is 0 Å². The van der Waals surface area contributed by atoms with Crippen molar-refractivity contribution in [3.05, 3.63) is 0 Å². The molecule has 0 unspecified atom stereocenters. The Balaban J connectivity index is 0. The van der Waals surface area contributed by atoms with E-state index in [2.05, 4.69) is 28.1 Å². The van der Waals surface area contributed by atoms with Gasteiger partial charge < -0.3 is 8.68 Å². The van der Waals surface area contributed by atoms with Gasteiger partial charge in [0.2, 0.25) is 0 Å². The van der Waals surface area contributed by atoms with E-state index in [4.69, 9.17) is 4.20 Å². The zero-order valence-corrected chi connectivity index (χ0v) is 17.4. The third-order valence-corrected chi connectivity index (χ3v) is 4.18. The minimum Gasteiger partial charge on any atom is -0.791 e. The number of hydrogen-bond acceptors (Lipinski definition) is 1. The highest BCUT2D eigenvalue weighted by atomic mass is 79.9. The molecule has 0 aromatic carbocycles. The van der Waals surface area contributed by atoms with E-state index >= 15 is 0 Å². The molecular weight excluding hydrogens is 338 g/mol. The average molecular weight is 380 g/mol. The highest BCUT2D eigenvalue weighted by Gasteiger charge is 2.04. The van der Waals surface area contributed by atoms with E-state index in [0.717, 1.165) is 4.48 Å². The van der Waals surface area contributed by atoms with Gasteiger partial charge in [-0.15, -0.1) is 0 Å². The molecule has 0 aliphatic carbocycles. The fraction of sp³-hybridized carbons (Fsp3) is 1.00. The molecule has 136 valence electrons. The van der Waals surface area contributed by atoms with Crippen LogP contribution in [-0.4, -0.2) is 32.2 Å². The zero-order valence-electron chi connectivity index (χ0n) is 15.8. The number of halogens is 1. The maximum atomic E-state index is 8.06. The summed E-state index contributed by atoms with van der Waals surface area (Å²) in [4.78, 5) is 0. The molecule has 0 heterocycles. The molecule has 0 amide bonds. The molecule has 0 saturated heterocycles. The van der Waals surface area contributed by atoms with E-state index < -0.39 is 0 Å². The fourth-order valence-electron chi connectivity index (χ4n) is 2.78. The maximum absolute atomic E-state index is 8.06. The first-order chi connectivity index (χ1) is 10.6. The van der Waals surface area contributed by atoms with Gasteiger partial charge >= 0.3 is 0 Å². The van der Waals surface area contributed by atoms with Crippen molar-refractivity contribution >= 4 is 16.3 Å². The van der Waals surface area contributed by atoms with Crippen molar-refractivity contribution in [2.45, 2.75) is 96.8 Å². The topological polar surface area (TPSA) is 23.1 Å². The summed E-state index contributed by atoms with van der Waals surface area (Å²) in [6.07, 6.45) is 20.4. The minimum atomic E-state index is 1.12. The van der Waals surface area contributed by atoms with Crippen LogP contribution in [0.25, 0.3) is 0 Å². The first kappa shape index (κ1) is 24.6. The van der Waals surface area contributed by atoms with Gasteiger partial charge in [0.15, 0.2) is 0 Å². The Morgan fingerprint density at radius 1 is 0.545 bits per heavy atom. The largest absolute Gasteiger partial charge is 0.791 e. The normalized spacial score (nSPS) is 11.2. The van der Waals surface area contributed by atoms with Crippen LogP contribution in [0, 0.1) is 0 Å². The SMILES string of the molecule is CCCCCCCCCCCCCCCC[N+](C)(C)C.[O-]Br. The summed E-state index contributed by atoms with van der Waals surface area (Å²) < 4.78 is 9.19. The van der Waals surface area contributed by atoms with E-state index in [1.165, 1.54) is 96.4 Å². The van der Waals surface area contributed by atoms with Crippen LogP contribution in [0.5, 0.6) is 0 Å². The summed E-state index contributed by atoms with van der Waals surface area (Å²) in [6.45, 7) is 3.63. The molecule has 22 heavy (non-hydrogen) atoms. The van der Waals surface area contributed by atoms with Crippen LogP contribution in [0.4, 0.5) is 0 Å². The summed E-state index contributed by atoms with van der Waals surface area (Å²) in [6, 6.07) is 0. The van der Waals surface area contributed by atoms with Gasteiger partial charge in [-0.25, -0.2) is 16.3 Å². The predicted octanol–water partition coefficient (Wildman–Crippen LogP) is 5.83. The highest BCUT2D eigenvalue weighted by molar-refractivity contribution is 9.04. The minimum absolute atomic E-state index is 1.12. The van der Waals surface area contributed by atoms with E-state index in [-0.39, 0.29) is 0 Å². The Bertz CT molecular complexity index is 192. The van der Waals surface area contributed by atoms with E-state index in [1.54, 1.807) is 16.3 Å². The Morgan fingerprint density at radius 2 is 0.818 bits per heavy atom. The van der Waals surface area contributed by atoms with Gasteiger partial charge in [-0.1, -0.05) is 84.0 Å². The zero-order chi connectivity index (χ0) is 17.1. The molecule has 0 aromatic heterocycles. The molecule has 0 bridgehead atoms. The molecule has 0 aliphatic rings. The second-order valence-corrected chi connectivity index (χ2v) is 7.61. The standard InChI is InChI=1S/C19H42N.BrO/c1-5-6-7-8-9-10-11-12-13-14-15-16-17-18-19-20(2,3)4;1-2/h5-19H2,1-4H3;/q+1;-1. The Hall–Kier alpha value is 0.400. The van der Waals surface area contributed by atoms with Crippen LogP contribution >= 0.6 is 16.3 Å². The van der Waals surface area contributed by atoms with Crippen molar-refractivity contribution in [2.75, 3.05) is 27.7 Å². The smallest absolute Gasteiger partial charge is 0.0780 e. The molecule has 0 N–H and O–H groups in total. The summed E-state index contributed by atoms with van der Waals surface area (Å²) in [7, 11) is 6.88. The molecule has 0 rings (SSSR count). The highest BCUT2D eigenvalue weighted by Crippen LogP contribution is 2.13. The molecule has 0 aromatic rings. The van der Waals surface area contributed by atoms with Crippen LogP contribution in [-0.2, 0) is 0 Å². The van der Waals surface area contributed by atoms with Crippen molar-refractivity contribution in [1.29, 1.82) is 0 Å². The number of quaternary nitrogens is 1. The number of hydrogen-bond donors (Lipinski definition) is 0. The third kappa shape index (κ3) is 25.4. The number of unbranched alkanes of at least 4 members (excludes halogenated alkanes) is 13. The van der Waals surface area contributed by atoms with Gasteiger partial charge in [0.05, 0.1) is 27.7 Å². The summed E-state index contributed by atoms with van der Waals surface area (Å²) >= 11 is 1.69. The van der Waals surface area contributed by atoms with Gasteiger partial charge in [-0.05, 0) is 12.8 Å². The first-order valence-electron chi connectivity index (χ1n) is 9.52. The van der Waals surface area contributed by atoms with E-state index in [9.17, 15) is 0 Å². The lowest BCUT2D eigenvalue weighted by atomic mass is 10.0. The Kier molecular flexibility index (Phi) is 21.8. The maximum Gasteiger partial charge on any atom is 0.0780 e. The molecule has 0 aliphatic heterocycles. The van der Waals surface area contributed by atoms with Gasteiger partial charge in [0, 0.05) is 0 Å². The second-order valence-electron chi connectivity index (χ2n) is 7.61. The lowest BCUT2D eigenvalue weighted by Gasteiger charge is -2.23. The lowest BCUT2D eigenvalue weighted by molar-refractivity contribution is -0.870. The van der Waals surface area contributed by atoms with E-state index in [0.29, 0.717) is 0 Å². The fourth-order valence-corrected chi connectivity index (χ4v) is 2.78. The van der Waals surface area contributed by atoms with Crippen molar-refractivity contribution < 1.29 is 8.68 Å². The molecule has 3 heteroatoms. The average Bonchev–Trinajstić information content (AvgIpc) is 2.48. The quantitative estimate of drug-likeness (QED) is 0.259. The van der Waals surface area contributed by atoms with Gasteiger partial charge in [-0.3, -0.25) is 0 Å². The van der Waals surface area contributed by atoms with Crippen LogP contribution in [0.1, 0.15) is 96.8 Å². The molecule has 0 fully saturated rings. The number of nitrogens with zero attached hydrogens (tertiary/aromatic N) is 1. The number of rotatable bonds is 15. The molecule has 0 atom stereocenters. The molecule has 2 nitrogen and oxygen atoms in total. The van der Waals surface area contributed by atoms with E-state index in [1.807, 2.05) is 0 Å². The van der Waals surface area contributed by atoms with Crippen LogP contribution in [0.15, 0.2) is 0 Å². The third-order valence-electron chi connectivity index (χ3n) is 4.18. The van der Waals surface area contributed by atoms with Gasteiger partial charge in [0.25, 0.3) is 0 Å².